The fourth-order valence-electron chi connectivity index (χ4n) is 2.55. The number of hydrogen-bond donors (Lipinski definition) is 1. The average Bonchev–Trinajstić information content (AvgIpc) is 2.42. The zero-order valence-corrected chi connectivity index (χ0v) is 12.8. The third kappa shape index (κ3) is 2.83. The standard InChI is InChI=1S/C17H22N2O/c1-11-6-7-15(20-5)14(9-11)17(18-4)16-13(3)8-12(2)10-19-16/h6-10,17-18H,1-5H3. The van der Waals surface area contributed by atoms with Crippen LogP contribution in [0.4, 0.5) is 0 Å². The summed E-state index contributed by atoms with van der Waals surface area (Å²) in [6.07, 6.45) is 1.91. The van der Waals surface area contributed by atoms with Gasteiger partial charge in [-0.15, -0.1) is 0 Å². The van der Waals surface area contributed by atoms with E-state index in [1.807, 2.05) is 19.3 Å². The van der Waals surface area contributed by atoms with Crippen LogP contribution in [0.3, 0.4) is 0 Å². The van der Waals surface area contributed by atoms with E-state index in [1.54, 1.807) is 7.11 Å². The topological polar surface area (TPSA) is 34.1 Å². The van der Waals surface area contributed by atoms with Crippen LogP contribution >= 0.6 is 0 Å². The number of benzene rings is 1. The van der Waals surface area contributed by atoms with Crippen LogP contribution in [-0.4, -0.2) is 19.1 Å². The molecule has 0 bridgehead atoms. The van der Waals surface area contributed by atoms with Gasteiger partial charge in [0.2, 0.25) is 0 Å². The van der Waals surface area contributed by atoms with Gasteiger partial charge in [0.05, 0.1) is 18.8 Å². The van der Waals surface area contributed by atoms with Gasteiger partial charge >= 0.3 is 0 Å². The summed E-state index contributed by atoms with van der Waals surface area (Å²) in [7, 11) is 3.66. The van der Waals surface area contributed by atoms with Gasteiger partial charge < -0.3 is 10.1 Å². The second-order valence-electron chi connectivity index (χ2n) is 5.18. The molecule has 0 saturated carbocycles. The molecular formula is C17H22N2O. The van der Waals surface area contributed by atoms with Gasteiger partial charge in [-0.2, -0.15) is 0 Å². The summed E-state index contributed by atoms with van der Waals surface area (Å²) in [5.41, 5.74) is 5.74. The lowest BCUT2D eigenvalue weighted by Gasteiger charge is -2.21. The summed E-state index contributed by atoms with van der Waals surface area (Å²) in [6, 6.07) is 8.42. The molecule has 1 atom stereocenters. The van der Waals surface area contributed by atoms with Crippen molar-refractivity contribution in [2.24, 2.45) is 0 Å². The Balaban J connectivity index is 2.54. The lowest BCUT2D eigenvalue weighted by atomic mass is 9.97. The first-order valence-corrected chi connectivity index (χ1v) is 6.81. The second-order valence-corrected chi connectivity index (χ2v) is 5.18. The van der Waals surface area contributed by atoms with Gasteiger partial charge in [-0.3, -0.25) is 4.98 Å². The Morgan fingerprint density at radius 3 is 2.45 bits per heavy atom. The third-order valence-corrected chi connectivity index (χ3v) is 3.51. The van der Waals surface area contributed by atoms with E-state index >= 15 is 0 Å². The van der Waals surface area contributed by atoms with Crippen LogP contribution in [-0.2, 0) is 0 Å². The Morgan fingerprint density at radius 1 is 1.10 bits per heavy atom. The van der Waals surface area contributed by atoms with Gasteiger partial charge in [0.15, 0.2) is 0 Å². The second kappa shape index (κ2) is 6.06. The number of hydrogen-bond acceptors (Lipinski definition) is 3. The Hall–Kier alpha value is -1.87. The zero-order valence-electron chi connectivity index (χ0n) is 12.8. The van der Waals surface area contributed by atoms with Crippen molar-refractivity contribution in [1.29, 1.82) is 0 Å². The Bertz CT molecular complexity index is 608. The number of nitrogens with one attached hydrogen (secondary N) is 1. The number of pyridine rings is 1. The predicted molar refractivity (Wildman–Crippen MR) is 82.3 cm³/mol. The normalized spacial score (nSPS) is 12.2. The molecule has 3 nitrogen and oxygen atoms in total. The molecule has 20 heavy (non-hydrogen) atoms. The monoisotopic (exact) mass is 270 g/mol. The lowest BCUT2D eigenvalue weighted by molar-refractivity contribution is 0.404. The van der Waals surface area contributed by atoms with E-state index in [9.17, 15) is 0 Å². The Morgan fingerprint density at radius 2 is 1.85 bits per heavy atom. The molecule has 1 unspecified atom stereocenters. The van der Waals surface area contributed by atoms with Crippen molar-refractivity contribution in [1.82, 2.24) is 10.3 Å². The minimum absolute atomic E-state index is 0.0328. The summed E-state index contributed by atoms with van der Waals surface area (Å²) in [5, 5.41) is 3.35. The molecule has 106 valence electrons. The van der Waals surface area contributed by atoms with Gasteiger partial charge in [-0.05, 0) is 45.0 Å². The van der Waals surface area contributed by atoms with E-state index in [-0.39, 0.29) is 6.04 Å². The lowest BCUT2D eigenvalue weighted by Crippen LogP contribution is -2.21. The highest BCUT2D eigenvalue weighted by Crippen LogP contribution is 2.31. The van der Waals surface area contributed by atoms with Crippen LogP contribution < -0.4 is 10.1 Å². The predicted octanol–water partition coefficient (Wildman–Crippen LogP) is 3.32. The smallest absolute Gasteiger partial charge is 0.124 e. The van der Waals surface area contributed by atoms with Crippen molar-refractivity contribution in [2.45, 2.75) is 26.8 Å². The van der Waals surface area contributed by atoms with Gasteiger partial charge in [0.1, 0.15) is 5.75 Å². The number of aromatic nitrogens is 1. The van der Waals surface area contributed by atoms with Crippen molar-refractivity contribution >= 4 is 0 Å². The number of ether oxygens (including phenoxy) is 1. The minimum Gasteiger partial charge on any atom is -0.496 e. The number of methoxy groups -OCH3 is 1. The van der Waals surface area contributed by atoms with Crippen LogP contribution in [0.5, 0.6) is 5.75 Å². The molecule has 0 aliphatic heterocycles. The molecule has 0 spiro atoms. The molecule has 3 heteroatoms. The SMILES string of the molecule is CNC(c1cc(C)ccc1OC)c1ncc(C)cc1C. The zero-order chi connectivity index (χ0) is 14.7. The van der Waals surface area contributed by atoms with Crippen LogP contribution in [0.2, 0.25) is 0 Å². The minimum atomic E-state index is 0.0328. The maximum atomic E-state index is 5.50. The van der Waals surface area contributed by atoms with Crippen molar-refractivity contribution < 1.29 is 4.74 Å². The van der Waals surface area contributed by atoms with E-state index in [0.717, 1.165) is 17.0 Å². The Labute approximate surface area is 121 Å². The van der Waals surface area contributed by atoms with Gasteiger partial charge in [-0.25, -0.2) is 0 Å². The molecule has 1 aromatic carbocycles. The molecule has 2 aromatic rings. The molecule has 0 saturated heterocycles. The molecule has 1 aromatic heterocycles. The van der Waals surface area contributed by atoms with Crippen LogP contribution in [0.25, 0.3) is 0 Å². The van der Waals surface area contributed by atoms with Crippen LogP contribution in [0.1, 0.15) is 34.0 Å². The van der Waals surface area contributed by atoms with Crippen molar-refractivity contribution in [2.75, 3.05) is 14.2 Å². The first-order chi connectivity index (χ1) is 9.56. The van der Waals surface area contributed by atoms with Gasteiger partial charge in [0.25, 0.3) is 0 Å². The number of aryl methyl sites for hydroxylation is 3. The first kappa shape index (κ1) is 14.5. The van der Waals surface area contributed by atoms with E-state index in [4.69, 9.17) is 4.74 Å². The molecule has 0 amide bonds. The summed E-state index contributed by atoms with van der Waals surface area (Å²) in [6.45, 7) is 6.25. The summed E-state index contributed by atoms with van der Waals surface area (Å²) >= 11 is 0. The number of rotatable bonds is 4. The molecule has 0 aliphatic carbocycles. The third-order valence-electron chi connectivity index (χ3n) is 3.51. The van der Waals surface area contributed by atoms with Gasteiger partial charge in [0, 0.05) is 11.8 Å². The molecule has 0 fully saturated rings. The molecule has 0 aliphatic rings. The van der Waals surface area contributed by atoms with Gasteiger partial charge in [-0.1, -0.05) is 23.8 Å². The first-order valence-electron chi connectivity index (χ1n) is 6.81. The highest BCUT2D eigenvalue weighted by molar-refractivity contribution is 5.44. The average molecular weight is 270 g/mol. The molecule has 1 heterocycles. The van der Waals surface area contributed by atoms with Crippen LogP contribution in [0.15, 0.2) is 30.5 Å². The highest BCUT2D eigenvalue weighted by atomic mass is 16.5. The maximum absolute atomic E-state index is 5.50. The number of nitrogens with zero attached hydrogens (tertiary/aromatic N) is 1. The molecular weight excluding hydrogens is 248 g/mol. The fraction of sp³-hybridized carbons (Fsp3) is 0.353. The maximum Gasteiger partial charge on any atom is 0.124 e. The summed E-state index contributed by atoms with van der Waals surface area (Å²) in [4.78, 5) is 4.61. The van der Waals surface area contributed by atoms with E-state index in [0.29, 0.717) is 0 Å². The van der Waals surface area contributed by atoms with Crippen molar-refractivity contribution in [3.05, 3.63) is 58.4 Å². The van der Waals surface area contributed by atoms with Crippen LogP contribution in [0, 0.1) is 20.8 Å². The van der Waals surface area contributed by atoms with Crippen molar-refractivity contribution in [3.8, 4) is 5.75 Å². The summed E-state index contributed by atoms with van der Waals surface area (Å²) < 4.78 is 5.50. The molecule has 0 radical (unpaired) electrons. The quantitative estimate of drug-likeness (QED) is 0.925. The van der Waals surface area contributed by atoms with E-state index in [1.165, 1.54) is 16.7 Å². The van der Waals surface area contributed by atoms with E-state index < -0.39 is 0 Å². The Kier molecular flexibility index (Phi) is 4.40. The molecule has 2 rings (SSSR count). The van der Waals surface area contributed by atoms with Crippen molar-refractivity contribution in [3.63, 3.8) is 0 Å². The fourth-order valence-corrected chi connectivity index (χ4v) is 2.55. The van der Waals surface area contributed by atoms with E-state index in [2.05, 4.69) is 49.3 Å². The highest BCUT2D eigenvalue weighted by Gasteiger charge is 2.19. The largest absolute Gasteiger partial charge is 0.496 e. The summed E-state index contributed by atoms with van der Waals surface area (Å²) in [5.74, 6) is 0.886. The molecule has 1 N–H and O–H groups in total.